The molecular formula is C18H18F3NO5S. The van der Waals surface area contributed by atoms with Gasteiger partial charge in [0, 0.05) is 19.2 Å². The smallest absolute Gasteiger partial charge is 0.467 e. The molecule has 1 atom stereocenters. The zero-order valence-corrected chi connectivity index (χ0v) is 15.8. The van der Waals surface area contributed by atoms with Gasteiger partial charge in [-0.1, -0.05) is 30.3 Å². The number of para-hydroxylation sites is 1. The predicted molar refractivity (Wildman–Crippen MR) is 96.4 cm³/mol. The normalized spacial score (nSPS) is 12.9. The summed E-state index contributed by atoms with van der Waals surface area (Å²) >= 11 is 0. The molecule has 6 nitrogen and oxygen atoms in total. The molecule has 0 saturated carbocycles. The second-order valence-electron chi connectivity index (χ2n) is 5.82. The zero-order chi connectivity index (χ0) is 20.9. The third kappa shape index (κ3) is 5.16. The van der Waals surface area contributed by atoms with Crippen molar-refractivity contribution >= 4 is 21.8 Å². The molecule has 0 fully saturated rings. The van der Waals surface area contributed by atoms with Crippen LogP contribution in [0.2, 0.25) is 0 Å². The van der Waals surface area contributed by atoms with E-state index in [1.807, 2.05) is 30.3 Å². The fraction of sp³-hybridized carbons (Fsp3) is 0.278. The molecule has 0 bridgehead atoms. The molecule has 0 N–H and O–H groups in total. The van der Waals surface area contributed by atoms with Gasteiger partial charge in [0.15, 0.2) is 0 Å². The van der Waals surface area contributed by atoms with Crippen molar-refractivity contribution in [3.05, 3.63) is 60.2 Å². The highest BCUT2D eigenvalue weighted by molar-refractivity contribution is 7.88. The van der Waals surface area contributed by atoms with Gasteiger partial charge in [-0.2, -0.15) is 21.6 Å². The van der Waals surface area contributed by atoms with Crippen molar-refractivity contribution < 1.29 is 35.3 Å². The Balaban J connectivity index is 2.18. The summed E-state index contributed by atoms with van der Waals surface area (Å²) in [5.74, 6) is -0.974. The minimum Gasteiger partial charge on any atom is -0.467 e. The number of hydrogen-bond donors (Lipinski definition) is 0. The van der Waals surface area contributed by atoms with Crippen molar-refractivity contribution in [3.63, 3.8) is 0 Å². The molecule has 0 aliphatic heterocycles. The standard InChI is InChI=1S/C18H18F3NO5S/c1-22(14-6-4-3-5-7-14)16(17(23)26-2)12-13-8-10-15(11-9-13)27-28(24,25)18(19,20)21/h3-11,16H,12H2,1-2H3. The van der Waals surface area contributed by atoms with E-state index in [0.717, 1.165) is 17.8 Å². The van der Waals surface area contributed by atoms with Gasteiger partial charge >= 0.3 is 21.6 Å². The molecule has 152 valence electrons. The Bertz CT molecular complexity index is 899. The van der Waals surface area contributed by atoms with Gasteiger partial charge < -0.3 is 13.8 Å². The molecule has 10 heteroatoms. The topological polar surface area (TPSA) is 72.9 Å². The van der Waals surface area contributed by atoms with Gasteiger partial charge in [-0.15, -0.1) is 0 Å². The van der Waals surface area contributed by atoms with Gasteiger partial charge in [-0.25, -0.2) is 4.79 Å². The highest BCUT2D eigenvalue weighted by Gasteiger charge is 2.48. The van der Waals surface area contributed by atoms with E-state index in [4.69, 9.17) is 4.74 Å². The Morgan fingerprint density at radius 3 is 2.14 bits per heavy atom. The van der Waals surface area contributed by atoms with Crippen LogP contribution in [0.4, 0.5) is 18.9 Å². The number of esters is 1. The molecular weight excluding hydrogens is 399 g/mol. The van der Waals surface area contributed by atoms with Crippen LogP contribution >= 0.6 is 0 Å². The van der Waals surface area contributed by atoms with Gasteiger partial charge in [0.05, 0.1) is 7.11 Å². The van der Waals surface area contributed by atoms with E-state index in [0.29, 0.717) is 5.56 Å². The zero-order valence-electron chi connectivity index (χ0n) is 15.0. The average molecular weight is 417 g/mol. The molecule has 0 saturated heterocycles. The number of halogens is 3. The predicted octanol–water partition coefficient (Wildman–Crippen LogP) is 3.14. The van der Waals surface area contributed by atoms with Crippen molar-refractivity contribution in [3.8, 4) is 5.75 Å². The van der Waals surface area contributed by atoms with Gasteiger partial charge in [-0.05, 0) is 29.8 Å². The molecule has 2 rings (SSSR count). The summed E-state index contributed by atoms with van der Waals surface area (Å²) in [5.41, 5.74) is -4.16. The molecule has 2 aromatic carbocycles. The number of alkyl halides is 3. The number of rotatable bonds is 7. The number of methoxy groups -OCH3 is 1. The SMILES string of the molecule is COC(=O)C(Cc1ccc(OS(=O)(=O)C(F)(F)F)cc1)N(C)c1ccccc1. The van der Waals surface area contributed by atoms with Crippen LogP contribution in [0.5, 0.6) is 5.75 Å². The van der Waals surface area contributed by atoms with Crippen molar-refractivity contribution in [2.45, 2.75) is 18.0 Å². The number of benzene rings is 2. The lowest BCUT2D eigenvalue weighted by atomic mass is 10.0. The number of likely N-dealkylation sites (N-methyl/N-ethyl adjacent to an activating group) is 1. The fourth-order valence-corrected chi connectivity index (χ4v) is 2.89. The van der Waals surface area contributed by atoms with Crippen molar-refractivity contribution in [1.82, 2.24) is 0 Å². The third-order valence-electron chi connectivity index (χ3n) is 3.95. The van der Waals surface area contributed by atoms with Gasteiger partial charge in [0.1, 0.15) is 11.8 Å². The van der Waals surface area contributed by atoms with Crippen LogP contribution in [0.25, 0.3) is 0 Å². The maximum Gasteiger partial charge on any atom is 0.534 e. The Kier molecular flexibility index (Phi) is 6.55. The van der Waals surface area contributed by atoms with Crippen molar-refractivity contribution in [2.75, 3.05) is 19.1 Å². The number of ether oxygens (including phenoxy) is 1. The number of anilines is 1. The summed E-state index contributed by atoms with van der Waals surface area (Å²) in [5, 5.41) is 0. The number of nitrogens with zero attached hydrogens (tertiary/aromatic N) is 1. The molecule has 1 unspecified atom stereocenters. The summed E-state index contributed by atoms with van der Waals surface area (Å²) < 4.78 is 68.1. The van der Waals surface area contributed by atoms with Crippen LogP contribution in [-0.2, 0) is 26.1 Å². The number of carbonyl (C=O) groups excluding carboxylic acids is 1. The molecule has 0 amide bonds. The molecule has 0 radical (unpaired) electrons. The van der Waals surface area contributed by atoms with Crippen LogP contribution in [-0.4, -0.2) is 40.1 Å². The first-order valence-corrected chi connectivity index (χ1v) is 9.41. The van der Waals surface area contributed by atoms with E-state index in [-0.39, 0.29) is 6.42 Å². The first-order chi connectivity index (χ1) is 13.0. The largest absolute Gasteiger partial charge is 0.534 e. The third-order valence-corrected chi connectivity index (χ3v) is 4.92. The maximum atomic E-state index is 12.4. The summed E-state index contributed by atoms with van der Waals surface area (Å²) in [7, 11) is -2.77. The Labute approximate surface area is 160 Å². The minimum absolute atomic E-state index is 0.185. The average Bonchev–Trinajstić information content (AvgIpc) is 2.66. The highest BCUT2D eigenvalue weighted by Crippen LogP contribution is 2.27. The van der Waals surface area contributed by atoms with Crippen molar-refractivity contribution in [1.29, 1.82) is 0 Å². The van der Waals surface area contributed by atoms with Crippen LogP contribution in [0.15, 0.2) is 54.6 Å². The Morgan fingerprint density at radius 2 is 1.64 bits per heavy atom. The first kappa shape index (κ1) is 21.5. The quantitative estimate of drug-likeness (QED) is 0.392. The second-order valence-corrected chi connectivity index (χ2v) is 7.35. The van der Waals surface area contributed by atoms with E-state index in [9.17, 15) is 26.4 Å². The minimum atomic E-state index is -5.74. The van der Waals surface area contributed by atoms with Crippen LogP contribution in [0.1, 0.15) is 5.56 Å². The lowest BCUT2D eigenvalue weighted by Crippen LogP contribution is -2.41. The highest BCUT2D eigenvalue weighted by atomic mass is 32.2. The summed E-state index contributed by atoms with van der Waals surface area (Å²) in [6, 6.07) is 13.3. The number of carbonyl (C=O) groups is 1. The lowest BCUT2D eigenvalue weighted by Gasteiger charge is -2.28. The van der Waals surface area contributed by atoms with Crippen molar-refractivity contribution in [2.24, 2.45) is 0 Å². The Morgan fingerprint density at radius 1 is 1.07 bits per heavy atom. The second kappa shape index (κ2) is 8.51. The van der Waals surface area contributed by atoms with Crippen LogP contribution < -0.4 is 9.08 Å². The molecule has 0 aliphatic carbocycles. The molecule has 0 heterocycles. The monoisotopic (exact) mass is 417 g/mol. The Hall–Kier alpha value is -2.75. The summed E-state index contributed by atoms with van der Waals surface area (Å²) in [4.78, 5) is 13.9. The summed E-state index contributed by atoms with van der Waals surface area (Å²) in [6.45, 7) is 0. The summed E-state index contributed by atoms with van der Waals surface area (Å²) in [6.07, 6.45) is 0.185. The van der Waals surface area contributed by atoms with Crippen LogP contribution in [0.3, 0.4) is 0 Å². The first-order valence-electron chi connectivity index (χ1n) is 8.00. The fourth-order valence-electron chi connectivity index (χ4n) is 2.44. The van der Waals surface area contributed by atoms with E-state index in [2.05, 4.69) is 4.18 Å². The van der Waals surface area contributed by atoms with E-state index in [1.165, 1.54) is 19.2 Å². The number of hydrogen-bond acceptors (Lipinski definition) is 6. The molecule has 0 aliphatic rings. The van der Waals surface area contributed by atoms with Gasteiger partial charge in [0.2, 0.25) is 0 Å². The van der Waals surface area contributed by atoms with E-state index >= 15 is 0 Å². The molecule has 0 spiro atoms. The van der Waals surface area contributed by atoms with Crippen LogP contribution in [0, 0.1) is 0 Å². The molecule has 0 aromatic heterocycles. The van der Waals surface area contributed by atoms with E-state index < -0.39 is 33.4 Å². The molecule has 28 heavy (non-hydrogen) atoms. The van der Waals surface area contributed by atoms with Gasteiger partial charge in [-0.3, -0.25) is 0 Å². The van der Waals surface area contributed by atoms with E-state index in [1.54, 1.807) is 11.9 Å². The maximum absolute atomic E-state index is 12.4. The molecule has 2 aromatic rings. The lowest BCUT2D eigenvalue weighted by molar-refractivity contribution is -0.142. The van der Waals surface area contributed by atoms with Gasteiger partial charge in [0.25, 0.3) is 0 Å².